The zero-order valence-electron chi connectivity index (χ0n) is 25.3. The number of carbonyl (C=O) groups excluding carboxylic acids is 2. The van der Waals surface area contributed by atoms with Crippen molar-refractivity contribution in [1.82, 2.24) is 0 Å². The summed E-state index contributed by atoms with van der Waals surface area (Å²) >= 11 is 0. The lowest BCUT2D eigenvalue weighted by molar-refractivity contribution is -0.291. The van der Waals surface area contributed by atoms with Crippen molar-refractivity contribution >= 4 is 31.3 Å². The smallest absolute Gasteiger partial charge is 0.261 e. The fourth-order valence-corrected chi connectivity index (χ4v) is 12.4. The summed E-state index contributed by atoms with van der Waals surface area (Å²) in [5.74, 6) is -0.370. The average Bonchev–Trinajstić information content (AvgIpc) is 2.97. The van der Waals surface area contributed by atoms with Gasteiger partial charge in [0.05, 0.1) is 17.1 Å². The molecule has 41 heavy (non-hydrogen) atoms. The van der Waals surface area contributed by atoms with Crippen molar-refractivity contribution in [3.63, 3.8) is 0 Å². The third kappa shape index (κ3) is 5.62. The molecule has 0 aromatic heterocycles. The van der Waals surface area contributed by atoms with Crippen LogP contribution in [0.1, 0.15) is 47.0 Å². The zero-order valence-corrected chi connectivity index (χ0v) is 26.3. The van der Waals surface area contributed by atoms with Crippen molar-refractivity contribution in [3.8, 4) is 0 Å². The van der Waals surface area contributed by atoms with Gasteiger partial charge < -0.3 is 33.0 Å². The Morgan fingerprint density at radius 3 is 1.98 bits per heavy atom. The van der Waals surface area contributed by atoms with E-state index in [2.05, 4.69) is 69.3 Å². The van der Waals surface area contributed by atoms with Gasteiger partial charge in [-0.2, -0.15) is 0 Å². The second-order valence-electron chi connectivity index (χ2n) is 12.8. The molecule has 0 aliphatic heterocycles. The molecular formula is C33H46O7Si. The largest absolute Gasteiger partial charge is 0.407 e. The molecule has 7 nitrogen and oxygen atoms in total. The summed E-state index contributed by atoms with van der Waals surface area (Å²) in [7, 11) is 0.363. The van der Waals surface area contributed by atoms with E-state index in [4.69, 9.17) is 23.4 Å². The van der Waals surface area contributed by atoms with Gasteiger partial charge in [0.25, 0.3) is 8.32 Å². The van der Waals surface area contributed by atoms with Gasteiger partial charge in [-0.3, -0.25) is 0 Å². The molecule has 2 aromatic carbocycles. The van der Waals surface area contributed by atoms with E-state index in [0.29, 0.717) is 19.4 Å². The maximum absolute atomic E-state index is 12.8. The van der Waals surface area contributed by atoms with Gasteiger partial charge in [-0.25, -0.2) is 0 Å². The predicted molar refractivity (Wildman–Crippen MR) is 161 cm³/mol. The molecule has 0 radical (unpaired) electrons. The van der Waals surface area contributed by atoms with E-state index in [-0.39, 0.29) is 48.9 Å². The fraction of sp³-hybridized carbons (Fsp3) is 0.576. The van der Waals surface area contributed by atoms with Gasteiger partial charge in [-0.1, -0.05) is 81.4 Å². The molecule has 0 spiro atoms. The highest BCUT2D eigenvalue weighted by molar-refractivity contribution is 6.99. The van der Waals surface area contributed by atoms with Gasteiger partial charge in [0, 0.05) is 33.7 Å². The second-order valence-corrected chi connectivity index (χ2v) is 17.1. The van der Waals surface area contributed by atoms with Crippen LogP contribution in [0.2, 0.25) is 5.04 Å². The molecule has 3 fully saturated rings. The van der Waals surface area contributed by atoms with Crippen molar-refractivity contribution < 1.29 is 33.0 Å². The highest BCUT2D eigenvalue weighted by Crippen LogP contribution is 2.63. The molecule has 3 aliphatic carbocycles. The molecule has 224 valence electrons. The number of aldehydes is 2. The average molecular weight is 583 g/mol. The molecule has 0 N–H and O–H groups in total. The zero-order chi connectivity index (χ0) is 29.7. The Labute approximate surface area is 246 Å². The Kier molecular flexibility index (Phi) is 10.0. The number of fused-ring (bicyclic) bond motifs is 3. The molecule has 6 atom stereocenters. The molecular weight excluding hydrogens is 536 g/mol. The minimum absolute atomic E-state index is 0.0120. The normalized spacial score (nSPS) is 29.8. The Morgan fingerprint density at radius 2 is 1.49 bits per heavy atom. The lowest BCUT2D eigenvalue weighted by Gasteiger charge is -2.64. The van der Waals surface area contributed by atoms with Crippen molar-refractivity contribution in [1.29, 1.82) is 0 Å². The first-order chi connectivity index (χ1) is 19.6. The lowest BCUT2D eigenvalue weighted by atomic mass is 9.44. The minimum atomic E-state index is -2.81. The van der Waals surface area contributed by atoms with Crippen molar-refractivity contribution in [2.75, 3.05) is 34.4 Å². The van der Waals surface area contributed by atoms with E-state index < -0.39 is 19.3 Å². The molecule has 3 saturated carbocycles. The Balaban J connectivity index is 1.81. The summed E-state index contributed by atoms with van der Waals surface area (Å²) in [6.45, 7) is 9.34. The van der Waals surface area contributed by atoms with E-state index in [1.807, 2.05) is 19.1 Å². The van der Waals surface area contributed by atoms with Gasteiger partial charge >= 0.3 is 0 Å². The minimum Gasteiger partial charge on any atom is -0.407 e. The SMILES string of the molecule is COCO[C@H]1C[C@@]2(OCOC)C[C@@H](CO[Si](c3ccccc3)(c3ccccc3)C(C)(C)C)[C@@H]1[C@H](CC=O)[C@@]2(C)C=O. The van der Waals surface area contributed by atoms with Crippen molar-refractivity contribution in [2.24, 2.45) is 23.2 Å². The van der Waals surface area contributed by atoms with Crippen LogP contribution in [-0.4, -0.2) is 67.0 Å². The second kappa shape index (κ2) is 13.0. The first-order valence-corrected chi connectivity index (χ1v) is 16.4. The highest BCUT2D eigenvalue weighted by Gasteiger charge is 2.68. The lowest BCUT2D eigenvalue weighted by Crippen LogP contribution is -2.71. The maximum atomic E-state index is 12.8. The number of hydrogen-bond donors (Lipinski definition) is 0. The van der Waals surface area contributed by atoms with Gasteiger partial charge in [-0.15, -0.1) is 0 Å². The topological polar surface area (TPSA) is 80.3 Å². The van der Waals surface area contributed by atoms with Gasteiger partial charge in [-0.05, 0) is 46.5 Å². The third-order valence-corrected chi connectivity index (χ3v) is 14.7. The number of rotatable bonds is 14. The number of methoxy groups -OCH3 is 2. The molecule has 2 aromatic rings. The summed E-state index contributed by atoms with van der Waals surface area (Å²) in [5, 5.41) is 2.23. The van der Waals surface area contributed by atoms with E-state index >= 15 is 0 Å². The standard InChI is InChI=1S/C33H46O7Si/c1-31(2,3)41(26-13-9-7-10-14-26,27-15-11-8-12-16-27)40-21-25-19-33(39-24-37-6)20-29(38-23-36-5)30(25)28(17-18-34)32(33,4)22-35/h7-16,18,22,25,28-30H,17,19-21,23-24H2,1-6H3/t25-,28-,29-,30+,32+,33-/m0/s1. The van der Waals surface area contributed by atoms with E-state index in [1.165, 1.54) is 10.4 Å². The number of benzene rings is 2. The fourth-order valence-electron chi connectivity index (χ4n) is 7.81. The van der Waals surface area contributed by atoms with Gasteiger partial charge in [0.2, 0.25) is 0 Å². The van der Waals surface area contributed by atoms with E-state index in [1.54, 1.807) is 14.2 Å². The third-order valence-electron chi connectivity index (χ3n) is 9.69. The number of hydrogen-bond acceptors (Lipinski definition) is 7. The van der Waals surface area contributed by atoms with E-state index in [9.17, 15) is 9.59 Å². The molecule has 0 unspecified atom stereocenters. The van der Waals surface area contributed by atoms with Crippen LogP contribution in [0.5, 0.6) is 0 Å². The highest BCUT2D eigenvalue weighted by atomic mass is 28.4. The quantitative estimate of drug-likeness (QED) is 0.186. The predicted octanol–water partition coefficient (Wildman–Crippen LogP) is 4.36. The van der Waals surface area contributed by atoms with E-state index in [0.717, 1.165) is 12.6 Å². The molecule has 2 bridgehead atoms. The summed E-state index contributed by atoms with van der Waals surface area (Å²) in [5.41, 5.74) is -1.75. The summed E-state index contributed by atoms with van der Waals surface area (Å²) in [4.78, 5) is 24.9. The summed E-state index contributed by atoms with van der Waals surface area (Å²) < 4.78 is 30.8. The molecule has 0 heterocycles. The van der Waals surface area contributed by atoms with Crippen LogP contribution in [0.4, 0.5) is 0 Å². The van der Waals surface area contributed by atoms with Crippen LogP contribution in [0.25, 0.3) is 0 Å². The van der Waals surface area contributed by atoms with Crippen LogP contribution in [0.3, 0.4) is 0 Å². The van der Waals surface area contributed by atoms with Crippen LogP contribution in [-0.2, 0) is 33.0 Å². The van der Waals surface area contributed by atoms with Crippen LogP contribution in [0, 0.1) is 23.2 Å². The van der Waals surface area contributed by atoms with Gasteiger partial charge in [0.1, 0.15) is 26.2 Å². The molecule has 3 aliphatic rings. The summed E-state index contributed by atoms with van der Waals surface area (Å²) in [6.07, 6.45) is 3.02. The molecule has 5 rings (SSSR count). The first kappa shape index (κ1) is 31.7. The van der Waals surface area contributed by atoms with Crippen LogP contribution >= 0.6 is 0 Å². The Morgan fingerprint density at radius 1 is 0.902 bits per heavy atom. The maximum Gasteiger partial charge on any atom is 0.261 e. The van der Waals surface area contributed by atoms with Crippen molar-refractivity contribution in [3.05, 3.63) is 60.7 Å². The summed E-state index contributed by atoms with van der Waals surface area (Å²) in [6, 6.07) is 21.1. The van der Waals surface area contributed by atoms with Crippen LogP contribution < -0.4 is 10.4 Å². The Hall–Kier alpha value is -2.20. The molecule has 8 heteroatoms. The number of carbonyl (C=O) groups is 2. The van der Waals surface area contributed by atoms with Crippen molar-refractivity contribution in [2.45, 2.75) is 63.7 Å². The van der Waals surface area contributed by atoms with Gasteiger partial charge in [0.15, 0.2) is 0 Å². The molecule has 0 saturated heterocycles. The van der Waals surface area contributed by atoms with Crippen LogP contribution in [0.15, 0.2) is 60.7 Å². The number of ether oxygens (including phenoxy) is 4. The monoisotopic (exact) mass is 582 g/mol. The molecule has 0 amide bonds. The first-order valence-electron chi connectivity index (χ1n) is 14.5. The Bertz CT molecular complexity index is 1100.